The lowest BCUT2D eigenvalue weighted by Crippen LogP contribution is -2.50. The summed E-state index contributed by atoms with van der Waals surface area (Å²) in [5.74, 6) is 0.166. The second kappa shape index (κ2) is 7.60. The molecular weight excluding hydrogens is 414 g/mol. The Morgan fingerprint density at radius 2 is 1.50 bits per heavy atom. The van der Waals surface area contributed by atoms with Crippen LogP contribution in [0.15, 0.2) is 36.4 Å². The van der Waals surface area contributed by atoms with Crippen molar-refractivity contribution in [2.24, 2.45) is 0 Å². The van der Waals surface area contributed by atoms with Crippen molar-refractivity contribution >= 4 is 5.82 Å². The number of aromatic nitrogens is 2. The number of hydrogen-bond acceptors (Lipinski definition) is 5. The molecule has 0 N–H and O–H groups in total. The summed E-state index contributed by atoms with van der Waals surface area (Å²) in [5.41, 5.74) is -1.96. The summed E-state index contributed by atoms with van der Waals surface area (Å²) in [7, 11) is 0. The molecule has 0 aromatic carbocycles. The van der Waals surface area contributed by atoms with Gasteiger partial charge in [0.05, 0.1) is 0 Å². The Bertz CT molecular complexity index is 903. The molecule has 2 aromatic rings. The molecule has 2 saturated heterocycles. The number of pyridine rings is 2. The zero-order valence-electron chi connectivity index (χ0n) is 15.6. The minimum absolute atomic E-state index is 0.00546. The van der Waals surface area contributed by atoms with E-state index in [1.54, 1.807) is 11.0 Å². The predicted molar refractivity (Wildman–Crippen MR) is 95.1 cm³/mol. The standard InChI is InChI=1S/C19H18F6N4O/c20-18(21,22)14-3-1-5-16(26-14)29-8-7-28-11-13(9-12(28)10-29)30-17-6-2-4-15(27-17)19(23,24)25/h1-6,12-13H,7-11H2/t12-,13+/m0/s1. The van der Waals surface area contributed by atoms with Crippen LogP contribution in [0.1, 0.15) is 17.8 Å². The van der Waals surface area contributed by atoms with E-state index < -0.39 is 23.7 Å². The average molecular weight is 432 g/mol. The lowest BCUT2D eigenvalue weighted by molar-refractivity contribution is -0.142. The fraction of sp³-hybridized carbons (Fsp3) is 0.474. The van der Waals surface area contributed by atoms with Crippen LogP contribution in [0.25, 0.3) is 0 Å². The predicted octanol–water partition coefficient (Wildman–Crippen LogP) is 3.86. The van der Waals surface area contributed by atoms with Crippen LogP contribution in [-0.2, 0) is 12.4 Å². The number of nitrogens with zero attached hydrogens (tertiary/aromatic N) is 4. The second-order valence-electron chi connectivity index (χ2n) is 7.31. The highest BCUT2D eigenvalue weighted by Crippen LogP contribution is 2.32. The van der Waals surface area contributed by atoms with E-state index >= 15 is 0 Å². The first-order chi connectivity index (χ1) is 14.1. The van der Waals surface area contributed by atoms with E-state index in [0.29, 0.717) is 32.6 Å². The van der Waals surface area contributed by atoms with E-state index in [1.807, 2.05) is 0 Å². The highest BCUT2D eigenvalue weighted by atomic mass is 19.4. The van der Waals surface area contributed by atoms with E-state index in [2.05, 4.69) is 14.9 Å². The van der Waals surface area contributed by atoms with Crippen LogP contribution in [0.5, 0.6) is 5.88 Å². The van der Waals surface area contributed by atoms with Crippen molar-refractivity contribution in [1.82, 2.24) is 14.9 Å². The molecule has 2 aliphatic heterocycles. The third-order valence-electron chi connectivity index (χ3n) is 5.23. The monoisotopic (exact) mass is 432 g/mol. The van der Waals surface area contributed by atoms with Gasteiger partial charge in [-0.2, -0.15) is 26.3 Å². The van der Waals surface area contributed by atoms with E-state index in [0.717, 1.165) is 12.1 Å². The molecule has 4 heterocycles. The lowest BCUT2D eigenvalue weighted by atomic mass is 10.1. The van der Waals surface area contributed by atoms with Gasteiger partial charge in [-0.25, -0.2) is 9.97 Å². The van der Waals surface area contributed by atoms with Gasteiger partial charge in [0.1, 0.15) is 23.3 Å². The summed E-state index contributed by atoms with van der Waals surface area (Å²) in [6, 6.07) is 7.31. The Morgan fingerprint density at radius 1 is 0.833 bits per heavy atom. The Kier molecular flexibility index (Phi) is 5.25. The highest BCUT2D eigenvalue weighted by Gasteiger charge is 2.39. The normalized spacial score (nSPS) is 22.8. The molecule has 162 valence electrons. The van der Waals surface area contributed by atoms with Gasteiger partial charge in [0.25, 0.3) is 0 Å². The van der Waals surface area contributed by atoms with Crippen LogP contribution in [0, 0.1) is 0 Å². The van der Waals surface area contributed by atoms with Gasteiger partial charge in [0.15, 0.2) is 0 Å². The van der Waals surface area contributed by atoms with Gasteiger partial charge in [-0.1, -0.05) is 12.1 Å². The smallest absolute Gasteiger partial charge is 0.433 e. The largest absolute Gasteiger partial charge is 0.473 e. The van der Waals surface area contributed by atoms with E-state index in [-0.39, 0.29) is 23.8 Å². The van der Waals surface area contributed by atoms with E-state index in [4.69, 9.17) is 4.74 Å². The Balaban J connectivity index is 1.41. The lowest BCUT2D eigenvalue weighted by Gasteiger charge is -2.37. The Hall–Kier alpha value is -2.56. The third kappa shape index (κ3) is 4.45. The number of halogens is 6. The van der Waals surface area contributed by atoms with Crippen LogP contribution < -0.4 is 9.64 Å². The van der Waals surface area contributed by atoms with Crippen molar-refractivity contribution in [1.29, 1.82) is 0 Å². The molecular formula is C19H18F6N4O. The zero-order chi connectivity index (χ0) is 21.5. The minimum atomic E-state index is -4.55. The van der Waals surface area contributed by atoms with Crippen LogP contribution in [0.3, 0.4) is 0 Å². The topological polar surface area (TPSA) is 41.5 Å². The quantitative estimate of drug-likeness (QED) is 0.690. The number of rotatable bonds is 3. The molecule has 5 nitrogen and oxygen atoms in total. The van der Waals surface area contributed by atoms with Crippen molar-refractivity contribution in [2.45, 2.75) is 30.9 Å². The first-order valence-electron chi connectivity index (χ1n) is 9.34. The Labute approximate surface area is 168 Å². The maximum absolute atomic E-state index is 12.9. The fourth-order valence-electron chi connectivity index (χ4n) is 3.86. The van der Waals surface area contributed by atoms with Gasteiger partial charge in [-0.3, -0.25) is 4.90 Å². The van der Waals surface area contributed by atoms with Gasteiger partial charge in [0.2, 0.25) is 5.88 Å². The van der Waals surface area contributed by atoms with Gasteiger partial charge in [0, 0.05) is 44.7 Å². The van der Waals surface area contributed by atoms with Gasteiger partial charge in [-0.05, 0) is 18.2 Å². The summed E-state index contributed by atoms with van der Waals surface area (Å²) in [4.78, 5) is 11.2. The zero-order valence-corrected chi connectivity index (χ0v) is 15.6. The van der Waals surface area contributed by atoms with Gasteiger partial charge >= 0.3 is 12.4 Å². The van der Waals surface area contributed by atoms with Crippen LogP contribution >= 0.6 is 0 Å². The van der Waals surface area contributed by atoms with Gasteiger partial charge in [-0.15, -0.1) is 0 Å². The molecule has 0 aliphatic carbocycles. The molecule has 0 bridgehead atoms. The molecule has 0 unspecified atom stereocenters. The van der Waals surface area contributed by atoms with Crippen molar-refractivity contribution in [3.05, 3.63) is 47.8 Å². The van der Waals surface area contributed by atoms with Crippen LogP contribution in [0.4, 0.5) is 32.2 Å². The SMILES string of the molecule is FC(F)(F)c1cccc(O[C@@H]2C[C@H]3CN(c4cccc(C(F)(F)F)n4)CCN3C2)n1. The molecule has 0 spiro atoms. The summed E-state index contributed by atoms with van der Waals surface area (Å²) >= 11 is 0. The summed E-state index contributed by atoms with van der Waals surface area (Å²) < 4.78 is 82.9. The molecule has 2 aromatic heterocycles. The third-order valence-corrected chi connectivity index (χ3v) is 5.23. The number of alkyl halides is 6. The molecule has 30 heavy (non-hydrogen) atoms. The molecule has 4 rings (SSSR count). The molecule has 11 heteroatoms. The minimum Gasteiger partial charge on any atom is -0.473 e. The molecule has 0 amide bonds. The maximum atomic E-state index is 12.9. The fourth-order valence-corrected chi connectivity index (χ4v) is 3.86. The number of hydrogen-bond donors (Lipinski definition) is 0. The van der Waals surface area contributed by atoms with Crippen molar-refractivity contribution < 1.29 is 31.1 Å². The summed E-state index contributed by atoms with van der Waals surface area (Å²) in [6.07, 6.45) is -8.87. The first kappa shape index (κ1) is 20.7. The van der Waals surface area contributed by atoms with Crippen molar-refractivity contribution in [3.63, 3.8) is 0 Å². The van der Waals surface area contributed by atoms with Gasteiger partial charge < -0.3 is 9.64 Å². The summed E-state index contributed by atoms with van der Waals surface area (Å²) in [5, 5.41) is 0. The van der Waals surface area contributed by atoms with Crippen LogP contribution in [0.2, 0.25) is 0 Å². The van der Waals surface area contributed by atoms with E-state index in [9.17, 15) is 26.3 Å². The Morgan fingerprint density at radius 3 is 2.20 bits per heavy atom. The van der Waals surface area contributed by atoms with Crippen LogP contribution in [-0.4, -0.2) is 53.2 Å². The second-order valence-corrected chi connectivity index (χ2v) is 7.31. The molecule has 0 radical (unpaired) electrons. The number of piperazine rings is 1. The number of ether oxygens (including phenoxy) is 1. The van der Waals surface area contributed by atoms with Crippen molar-refractivity contribution in [3.8, 4) is 5.88 Å². The molecule has 2 fully saturated rings. The molecule has 2 atom stereocenters. The first-order valence-corrected chi connectivity index (χ1v) is 9.34. The van der Waals surface area contributed by atoms with E-state index in [1.165, 1.54) is 18.2 Å². The highest BCUT2D eigenvalue weighted by molar-refractivity contribution is 5.41. The average Bonchev–Trinajstić information content (AvgIpc) is 3.08. The molecule has 0 saturated carbocycles. The summed E-state index contributed by atoms with van der Waals surface area (Å²) in [6.45, 7) is 2.08. The number of anilines is 1. The maximum Gasteiger partial charge on any atom is 0.433 e. The number of fused-ring (bicyclic) bond motifs is 1. The molecule has 2 aliphatic rings. The van der Waals surface area contributed by atoms with Crippen molar-refractivity contribution in [2.75, 3.05) is 31.1 Å².